The lowest BCUT2D eigenvalue weighted by Crippen LogP contribution is -1.97. The van der Waals surface area contributed by atoms with Crippen LogP contribution in [-0.2, 0) is 0 Å². The molecule has 0 radical (unpaired) electrons. The van der Waals surface area contributed by atoms with Crippen molar-refractivity contribution in [2.75, 3.05) is 0 Å². The van der Waals surface area contributed by atoms with Crippen molar-refractivity contribution in [1.29, 1.82) is 0 Å². The van der Waals surface area contributed by atoms with Crippen molar-refractivity contribution in [3.8, 4) is 0 Å². The van der Waals surface area contributed by atoms with Crippen LogP contribution >= 0.6 is 0 Å². The number of hydrogen-bond donors (Lipinski definition) is 0. The Kier molecular flexibility index (Phi) is 2.49. The summed E-state index contributed by atoms with van der Waals surface area (Å²) in [7, 11) is 0. The fraction of sp³-hybridized carbons (Fsp3) is 0.100. The molecule has 0 unspecified atom stereocenters. The highest BCUT2D eigenvalue weighted by atomic mass is 16.3. The van der Waals surface area contributed by atoms with E-state index in [0.29, 0.717) is 11.0 Å². The molecule has 2 N–H and O–H groups in total. The Morgan fingerprint density at radius 3 is 2.77 bits per heavy atom. The van der Waals surface area contributed by atoms with Gasteiger partial charge in [-0.3, -0.25) is 4.79 Å². The van der Waals surface area contributed by atoms with Crippen molar-refractivity contribution in [3.63, 3.8) is 0 Å². The molecule has 0 aliphatic carbocycles. The van der Waals surface area contributed by atoms with Crippen molar-refractivity contribution >= 4 is 11.0 Å². The molecular formula is C10H10O3. The lowest BCUT2D eigenvalue weighted by Gasteiger charge is -1.95. The van der Waals surface area contributed by atoms with Gasteiger partial charge in [0.1, 0.15) is 5.58 Å². The summed E-state index contributed by atoms with van der Waals surface area (Å²) in [6.45, 7) is 1.95. The summed E-state index contributed by atoms with van der Waals surface area (Å²) in [6, 6.07) is 7.00. The van der Waals surface area contributed by atoms with Crippen molar-refractivity contribution in [1.82, 2.24) is 0 Å². The van der Waals surface area contributed by atoms with E-state index >= 15 is 0 Å². The summed E-state index contributed by atoms with van der Waals surface area (Å²) in [5.74, 6) is 0. The van der Waals surface area contributed by atoms with Crippen LogP contribution in [0.3, 0.4) is 0 Å². The van der Waals surface area contributed by atoms with Crippen LogP contribution in [-0.4, -0.2) is 5.48 Å². The van der Waals surface area contributed by atoms with Gasteiger partial charge in [-0.1, -0.05) is 11.6 Å². The number of fused-ring (bicyclic) bond motifs is 1. The van der Waals surface area contributed by atoms with E-state index in [0.717, 1.165) is 5.56 Å². The second-order valence-electron chi connectivity index (χ2n) is 2.78. The van der Waals surface area contributed by atoms with E-state index in [1.54, 1.807) is 0 Å². The summed E-state index contributed by atoms with van der Waals surface area (Å²) >= 11 is 0. The smallest absolute Gasteiger partial charge is 0.192 e. The molecule has 0 saturated carbocycles. The minimum absolute atomic E-state index is 0. The number of rotatable bonds is 0. The lowest BCUT2D eigenvalue weighted by atomic mass is 10.1. The Morgan fingerprint density at radius 2 is 2.00 bits per heavy atom. The number of benzene rings is 1. The Hall–Kier alpha value is -1.61. The summed E-state index contributed by atoms with van der Waals surface area (Å²) in [5, 5.41) is 0.650. The van der Waals surface area contributed by atoms with Gasteiger partial charge < -0.3 is 9.89 Å². The molecule has 1 aromatic heterocycles. The maximum atomic E-state index is 11.3. The Morgan fingerprint density at radius 1 is 1.23 bits per heavy atom. The first kappa shape index (κ1) is 9.48. The quantitative estimate of drug-likeness (QED) is 0.610. The van der Waals surface area contributed by atoms with Crippen molar-refractivity contribution in [2.45, 2.75) is 6.92 Å². The normalized spacial score (nSPS) is 9.62. The minimum Gasteiger partial charge on any atom is -0.464 e. The van der Waals surface area contributed by atoms with Gasteiger partial charge in [-0.25, -0.2) is 0 Å². The Balaban J connectivity index is 0.000000845. The fourth-order valence-electron chi connectivity index (χ4n) is 1.20. The molecular weight excluding hydrogens is 168 g/mol. The SMILES string of the molecule is Cc1ccc2occc(=O)c2c1.O. The van der Waals surface area contributed by atoms with Gasteiger partial charge in [0.2, 0.25) is 0 Å². The molecule has 0 bridgehead atoms. The highest BCUT2D eigenvalue weighted by molar-refractivity contribution is 5.76. The molecule has 2 rings (SSSR count). The zero-order valence-electron chi connectivity index (χ0n) is 7.20. The third kappa shape index (κ3) is 1.60. The second-order valence-corrected chi connectivity index (χ2v) is 2.78. The second kappa shape index (κ2) is 3.41. The molecule has 0 saturated heterocycles. The maximum absolute atomic E-state index is 11.3. The van der Waals surface area contributed by atoms with Gasteiger partial charge in [0.15, 0.2) is 5.43 Å². The predicted octanol–water partition coefficient (Wildman–Crippen LogP) is 1.28. The van der Waals surface area contributed by atoms with Crippen LogP contribution in [0.5, 0.6) is 0 Å². The fourth-order valence-corrected chi connectivity index (χ4v) is 1.20. The zero-order chi connectivity index (χ0) is 8.55. The molecule has 3 heteroatoms. The molecule has 0 atom stereocenters. The monoisotopic (exact) mass is 178 g/mol. The largest absolute Gasteiger partial charge is 0.464 e. The zero-order valence-corrected chi connectivity index (χ0v) is 7.20. The minimum atomic E-state index is 0. The first-order chi connectivity index (χ1) is 5.77. The van der Waals surface area contributed by atoms with Crippen LogP contribution in [0.1, 0.15) is 5.56 Å². The highest BCUT2D eigenvalue weighted by Gasteiger charge is 1.97. The van der Waals surface area contributed by atoms with Crippen molar-refractivity contribution in [2.24, 2.45) is 0 Å². The molecule has 2 aromatic rings. The molecule has 0 amide bonds. The van der Waals surface area contributed by atoms with Crippen LogP contribution in [0.25, 0.3) is 11.0 Å². The van der Waals surface area contributed by atoms with E-state index in [-0.39, 0.29) is 10.9 Å². The van der Waals surface area contributed by atoms with Gasteiger partial charge in [-0.15, -0.1) is 0 Å². The molecule has 3 nitrogen and oxygen atoms in total. The molecule has 0 aliphatic heterocycles. The van der Waals surface area contributed by atoms with Gasteiger partial charge in [-0.05, 0) is 19.1 Å². The number of aryl methyl sites for hydroxylation is 1. The third-order valence-corrected chi connectivity index (χ3v) is 1.81. The first-order valence-electron chi connectivity index (χ1n) is 3.75. The number of hydrogen-bond acceptors (Lipinski definition) is 2. The van der Waals surface area contributed by atoms with Gasteiger partial charge in [0.25, 0.3) is 0 Å². The van der Waals surface area contributed by atoms with Crippen LogP contribution in [0, 0.1) is 6.92 Å². The standard InChI is InChI=1S/C10H8O2.H2O/c1-7-2-3-10-8(6-7)9(11)4-5-12-10;/h2-6H,1H3;1H2. The average molecular weight is 178 g/mol. The molecule has 0 fully saturated rings. The summed E-state index contributed by atoms with van der Waals surface area (Å²) < 4.78 is 5.15. The van der Waals surface area contributed by atoms with Crippen LogP contribution in [0.2, 0.25) is 0 Å². The van der Waals surface area contributed by atoms with Crippen LogP contribution in [0.4, 0.5) is 0 Å². The summed E-state index contributed by atoms with van der Waals surface area (Å²) in [4.78, 5) is 11.3. The predicted molar refractivity (Wildman–Crippen MR) is 50.8 cm³/mol. The molecule has 1 aromatic carbocycles. The van der Waals surface area contributed by atoms with Gasteiger partial charge in [0.05, 0.1) is 11.6 Å². The molecule has 1 heterocycles. The van der Waals surface area contributed by atoms with E-state index in [1.165, 1.54) is 12.3 Å². The van der Waals surface area contributed by atoms with Crippen molar-refractivity contribution < 1.29 is 9.89 Å². The molecule has 68 valence electrons. The summed E-state index contributed by atoms with van der Waals surface area (Å²) in [5.41, 5.74) is 1.73. The molecule has 0 spiro atoms. The third-order valence-electron chi connectivity index (χ3n) is 1.81. The highest BCUT2D eigenvalue weighted by Crippen LogP contribution is 2.10. The van der Waals surface area contributed by atoms with E-state index < -0.39 is 0 Å². The van der Waals surface area contributed by atoms with E-state index in [9.17, 15) is 4.79 Å². The topological polar surface area (TPSA) is 61.7 Å². The van der Waals surface area contributed by atoms with E-state index in [1.807, 2.05) is 25.1 Å². The van der Waals surface area contributed by atoms with Crippen LogP contribution in [0.15, 0.2) is 39.7 Å². The maximum Gasteiger partial charge on any atom is 0.192 e. The first-order valence-corrected chi connectivity index (χ1v) is 3.75. The van der Waals surface area contributed by atoms with E-state index in [4.69, 9.17) is 4.42 Å². The Bertz CT molecular complexity index is 471. The van der Waals surface area contributed by atoms with E-state index in [2.05, 4.69) is 0 Å². The molecule has 13 heavy (non-hydrogen) atoms. The average Bonchev–Trinajstić information content (AvgIpc) is 2.07. The Labute approximate surface area is 74.9 Å². The van der Waals surface area contributed by atoms with Gasteiger partial charge in [-0.2, -0.15) is 0 Å². The summed E-state index contributed by atoms with van der Waals surface area (Å²) in [6.07, 6.45) is 1.42. The van der Waals surface area contributed by atoms with Gasteiger partial charge in [0, 0.05) is 6.07 Å². The van der Waals surface area contributed by atoms with Crippen LogP contribution < -0.4 is 5.43 Å². The molecule has 0 aliphatic rings. The van der Waals surface area contributed by atoms with Gasteiger partial charge >= 0.3 is 0 Å². The lowest BCUT2D eigenvalue weighted by molar-refractivity contribution is 0.602. The van der Waals surface area contributed by atoms with Crippen molar-refractivity contribution in [3.05, 3.63) is 46.3 Å².